The Morgan fingerprint density at radius 1 is 1.50 bits per heavy atom. The summed E-state index contributed by atoms with van der Waals surface area (Å²) in [5, 5.41) is 17.2. The molecular formula is C12H16N4O3S. The van der Waals surface area contributed by atoms with E-state index in [4.69, 9.17) is 15.1 Å². The summed E-state index contributed by atoms with van der Waals surface area (Å²) in [5.74, 6) is 0.849. The molecule has 1 aliphatic heterocycles. The van der Waals surface area contributed by atoms with Crippen LogP contribution in [0.4, 0.5) is 5.82 Å². The van der Waals surface area contributed by atoms with E-state index in [2.05, 4.69) is 10.3 Å². The topological polar surface area (TPSA) is 118 Å². The van der Waals surface area contributed by atoms with E-state index in [9.17, 15) is 8.42 Å². The van der Waals surface area contributed by atoms with Crippen molar-refractivity contribution in [3.8, 4) is 6.07 Å². The number of aromatic nitrogens is 1. The van der Waals surface area contributed by atoms with Crippen LogP contribution in [0.3, 0.4) is 0 Å². The maximum atomic E-state index is 11.2. The second-order valence-corrected chi connectivity index (χ2v) is 6.22. The van der Waals surface area contributed by atoms with Gasteiger partial charge in [0, 0.05) is 26.0 Å². The minimum atomic E-state index is -3.85. The molecule has 2 rings (SSSR count). The predicted molar refractivity (Wildman–Crippen MR) is 72.4 cm³/mol. The van der Waals surface area contributed by atoms with E-state index < -0.39 is 10.0 Å². The summed E-state index contributed by atoms with van der Waals surface area (Å²) in [6, 6.07) is 3.16. The van der Waals surface area contributed by atoms with Gasteiger partial charge in [-0.05, 0) is 24.8 Å². The first-order chi connectivity index (χ1) is 9.50. The van der Waals surface area contributed by atoms with Crippen LogP contribution in [-0.2, 0) is 14.8 Å². The van der Waals surface area contributed by atoms with Crippen LogP contribution in [0, 0.1) is 17.2 Å². The molecule has 0 saturated carbocycles. The largest absolute Gasteiger partial charge is 0.381 e. The average molecular weight is 296 g/mol. The van der Waals surface area contributed by atoms with Crippen molar-refractivity contribution in [2.24, 2.45) is 11.1 Å². The van der Waals surface area contributed by atoms with Crippen molar-refractivity contribution >= 4 is 15.8 Å². The molecule has 0 aliphatic carbocycles. The average Bonchev–Trinajstić information content (AvgIpc) is 2.45. The summed E-state index contributed by atoms with van der Waals surface area (Å²) in [6.45, 7) is 2.17. The molecule has 1 saturated heterocycles. The van der Waals surface area contributed by atoms with E-state index >= 15 is 0 Å². The molecule has 0 aromatic carbocycles. The third-order valence-corrected chi connectivity index (χ3v) is 4.09. The van der Waals surface area contributed by atoms with Gasteiger partial charge in [-0.1, -0.05) is 0 Å². The van der Waals surface area contributed by atoms with Crippen LogP contribution in [0.5, 0.6) is 0 Å². The van der Waals surface area contributed by atoms with Gasteiger partial charge in [0.25, 0.3) is 0 Å². The van der Waals surface area contributed by atoms with Crippen LogP contribution in [0.2, 0.25) is 0 Å². The summed E-state index contributed by atoms with van der Waals surface area (Å²) in [6.07, 6.45) is 3.08. The molecule has 0 bridgehead atoms. The number of sulfonamides is 1. The van der Waals surface area contributed by atoms with Gasteiger partial charge in [-0.2, -0.15) is 5.26 Å². The Hall–Kier alpha value is -1.69. The van der Waals surface area contributed by atoms with Crippen LogP contribution in [0.25, 0.3) is 0 Å². The number of nitrogens with two attached hydrogens (primary N) is 1. The molecule has 2 heterocycles. The highest BCUT2D eigenvalue weighted by Crippen LogP contribution is 2.19. The number of primary sulfonamides is 1. The molecule has 1 aromatic heterocycles. The van der Waals surface area contributed by atoms with Crippen molar-refractivity contribution in [3.63, 3.8) is 0 Å². The van der Waals surface area contributed by atoms with Gasteiger partial charge >= 0.3 is 0 Å². The Kier molecular flexibility index (Phi) is 4.54. The second kappa shape index (κ2) is 6.17. The zero-order valence-electron chi connectivity index (χ0n) is 10.9. The van der Waals surface area contributed by atoms with E-state index in [1.54, 1.807) is 0 Å². The SMILES string of the molecule is N#Cc1cc(S(N)(=O)=O)cnc1NCC1CCOCC1. The van der Waals surface area contributed by atoms with Crippen molar-refractivity contribution in [2.45, 2.75) is 17.7 Å². The lowest BCUT2D eigenvalue weighted by molar-refractivity contribution is 0.0699. The van der Waals surface area contributed by atoms with E-state index in [1.807, 2.05) is 6.07 Å². The summed E-state index contributed by atoms with van der Waals surface area (Å²) < 4.78 is 27.7. The number of nitrogens with one attached hydrogen (secondary N) is 1. The fraction of sp³-hybridized carbons (Fsp3) is 0.500. The van der Waals surface area contributed by atoms with Crippen molar-refractivity contribution < 1.29 is 13.2 Å². The minimum absolute atomic E-state index is 0.161. The van der Waals surface area contributed by atoms with Gasteiger partial charge in [-0.15, -0.1) is 0 Å². The number of rotatable bonds is 4. The fourth-order valence-electron chi connectivity index (χ4n) is 2.02. The summed E-state index contributed by atoms with van der Waals surface area (Å²) in [5.41, 5.74) is 0.170. The predicted octanol–water partition coefficient (Wildman–Crippen LogP) is 0.439. The molecule has 0 amide bonds. The molecule has 0 spiro atoms. The van der Waals surface area contributed by atoms with Gasteiger partial charge in [0.15, 0.2) is 0 Å². The van der Waals surface area contributed by atoms with Gasteiger partial charge < -0.3 is 10.1 Å². The van der Waals surface area contributed by atoms with Gasteiger partial charge in [0.1, 0.15) is 16.8 Å². The van der Waals surface area contributed by atoms with Crippen LogP contribution >= 0.6 is 0 Å². The maximum absolute atomic E-state index is 11.2. The zero-order chi connectivity index (χ0) is 14.6. The van der Waals surface area contributed by atoms with Crippen LogP contribution < -0.4 is 10.5 Å². The van der Waals surface area contributed by atoms with Gasteiger partial charge in [0.2, 0.25) is 10.0 Å². The monoisotopic (exact) mass is 296 g/mol. The molecule has 0 unspecified atom stereocenters. The third-order valence-electron chi connectivity index (χ3n) is 3.21. The van der Waals surface area contributed by atoms with E-state index in [1.165, 1.54) is 6.07 Å². The molecule has 20 heavy (non-hydrogen) atoms. The molecule has 7 nitrogen and oxygen atoms in total. The Morgan fingerprint density at radius 2 is 2.20 bits per heavy atom. The molecular weight excluding hydrogens is 280 g/mol. The Bertz CT molecular complexity index is 618. The molecule has 0 atom stereocenters. The van der Waals surface area contributed by atoms with Gasteiger partial charge in [-0.3, -0.25) is 0 Å². The number of nitriles is 1. The molecule has 3 N–H and O–H groups in total. The molecule has 0 radical (unpaired) electrons. The highest BCUT2D eigenvalue weighted by Gasteiger charge is 2.16. The second-order valence-electron chi connectivity index (χ2n) is 4.66. The lowest BCUT2D eigenvalue weighted by Gasteiger charge is -2.22. The highest BCUT2D eigenvalue weighted by atomic mass is 32.2. The highest BCUT2D eigenvalue weighted by molar-refractivity contribution is 7.89. The Balaban J connectivity index is 2.10. The summed E-state index contributed by atoms with van der Waals surface area (Å²) in [7, 11) is -3.85. The quantitative estimate of drug-likeness (QED) is 0.832. The van der Waals surface area contributed by atoms with E-state index in [0.29, 0.717) is 18.3 Å². The lowest BCUT2D eigenvalue weighted by atomic mass is 10.0. The number of anilines is 1. The first kappa shape index (κ1) is 14.7. The normalized spacial score (nSPS) is 16.6. The van der Waals surface area contributed by atoms with Crippen molar-refractivity contribution in [1.82, 2.24) is 4.98 Å². The number of hydrogen-bond acceptors (Lipinski definition) is 6. The Morgan fingerprint density at radius 3 is 2.80 bits per heavy atom. The molecule has 1 aromatic rings. The van der Waals surface area contributed by atoms with Crippen molar-refractivity contribution in [1.29, 1.82) is 5.26 Å². The van der Waals surface area contributed by atoms with Crippen LogP contribution in [-0.4, -0.2) is 33.2 Å². The smallest absolute Gasteiger partial charge is 0.239 e. The fourth-order valence-corrected chi connectivity index (χ4v) is 2.50. The van der Waals surface area contributed by atoms with Crippen LogP contribution in [0.15, 0.2) is 17.2 Å². The molecule has 1 aliphatic rings. The first-order valence-electron chi connectivity index (χ1n) is 6.25. The lowest BCUT2D eigenvalue weighted by Crippen LogP contribution is -2.23. The van der Waals surface area contributed by atoms with Crippen LogP contribution in [0.1, 0.15) is 18.4 Å². The zero-order valence-corrected chi connectivity index (χ0v) is 11.7. The maximum Gasteiger partial charge on any atom is 0.239 e. The molecule has 8 heteroatoms. The van der Waals surface area contributed by atoms with Crippen molar-refractivity contribution in [3.05, 3.63) is 17.8 Å². The number of hydrogen-bond donors (Lipinski definition) is 2. The van der Waals surface area contributed by atoms with E-state index in [-0.39, 0.29) is 10.5 Å². The number of nitrogens with zero attached hydrogens (tertiary/aromatic N) is 2. The third kappa shape index (κ3) is 3.66. The standard InChI is InChI=1S/C12H16N4O3S/c13-6-10-5-11(20(14,17)18)8-16-12(10)15-7-9-1-3-19-4-2-9/h5,8-9H,1-4,7H2,(H,15,16)(H2,14,17,18). The van der Waals surface area contributed by atoms with Crippen molar-refractivity contribution in [2.75, 3.05) is 25.1 Å². The molecule has 108 valence electrons. The Labute approximate surface area is 117 Å². The van der Waals surface area contributed by atoms with Gasteiger partial charge in [-0.25, -0.2) is 18.5 Å². The molecule has 1 fully saturated rings. The number of pyridine rings is 1. The van der Waals surface area contributed by atoms with E-state index in [0.717, 1.165) is 32.3 Å². The minimum Gasteiger partial charge on any atom is -0.381 e. The van der Waals surface area contributed by atoms with Gasteiger partial charge in [0.05, 0.1) is 5.56 Å². The summed E-state index contributed by atoms with van der Waals surface area (Å²) in [4.78, 5) is 3.81. The summed E-state index contributed by atoms with van der Waals surface area (Å²) >= 11 is 0. The first-order valence-corrected chi connectivity index (χ1v) is 7.80. The number of ether oxygens (including phenoxy) is 1.